The second kappa shape index (κ2) is 5.74. The minimum Gasteiger partial charge on any atom is -0.342 e. The summed E-state index contributed by atoms with van der Waals surface area (Å²) in [6, 6.07) is 8.29. The molecule has 3 nitrogen and oxygen atoms in total. The molecule has 4 heteroatoms. The van der Waals surface area contributed by atoms with Crippen LogP contribution >= 0.6 is 11.6 Å². The van der Waals surface area contributed by atoms with Gasteiger partial charge >= 0.3 is 0 Å². The van der Waals surface area contributed by atoms with Crippen LogP contribution in [0.3, 0.4) is 0 Å². The highest BCUT2D eigenvalue weighted by molar-refractivity contribution is 6.31. The van der Waals surface area contributed by atoms with E-state index in [-0.39, 0.29) is 5.92 Å². The molecule has 1 aromatic carbocycles. The number of hydrogen-bond donors (Lipinski definition) is 1. The molecule has 1 saturated heterocycles. The standard InChI is InChI=1S/C16H21ClN2O/c1-19(11-6-8-18-9-7-11)16(20)14-10-13(14)12-4-2-3-5-15(12)17/h2-5,11,13-14,18H,6-10H2,1H3/t13-,14+/m1/s1. The van der Waals surface area contributed by atoms with Crippen LogP contribution in [0.15, 0.2) is 24.3 Å². The van der Waals surface area contributed by atoms with E-state index in [1.54, 1.807) is 0 Å². The lowest BCUT2D eigenvalue weighted by atomic mass is 10.0. The molecular weight excluding hydrogens is 272 g/mol. The van der Waals surface area contributed by atoms with Gasteiger partial charge in [0.15, 0.2) is 0 Å². The molecule has 3 rings (SSSR count). The number of amides is 1. The van der Waals surface area contributed by atoms with Crippen molar-refractivity contribution in [1.29, 1.82) is 0 Å². The van der Waals surface area contributed by atoms with E-state index in [4.69, 9.17) is 11.6 Å². The van der Waals surface area contributed by atoms with Crippen molar-refractivity contribution in [2.24, 2.45) is 5.92 Å². The molecule has 1 amide bonds. The number of rotatable bonds is 3. The third-order valence-electron chi connectivity index (χ3n) is 4.62. The molecule has 1 N–H and O–H groups in total. The maximum Gasteiger partial charge on any atom is 0.226 e. The van der Waals surface area contributed by atoms with Crippen LogP contribution in [0.5, 0.6) is 0 Å². The van der Waals surface area contributed by atoms with Crippen LogP contribution in [0.2, 0.25) is 5.02 Å². The summed E-state index contributed by atoms with van der Waals surface area (Å²) in [7, 11) is 1.96. The van der Waals surface area contributed by atoms with Crippen molar-refractivity contribution < 1.29 is 4.79 Å². The van der Waals surface area contributed by atoms with Gasteiger partial charge in [-0.05, 0) is 49.9 Å². The van der Waals surface area contributed by atoms with Gasteiger partial charge in [0.2, 0.25) is 5.91 Å². The molecule has 1 heterocycles. The molecule has 1 aliphatic carbocycles. The fourth-order valence-corrected chi connectivity index (χ4v) is 3.50. The van der Waals surface area contributed by atoms with E-state index in [1.165, 1.54) is 0 Å². The van der Waals surface area contributed by atoms with Gasteiger partial charge in [0, 0.05) is 24.0 Å². The molecule has 2 aliphatic rings. The van der Waals surface area contributed by atoms with Crippen molar-refractivity contribution in [2.75, 3.05) is 20.1 Å². The molecule has 0 unspecified atom stereocenters. The van der Waals surface area contributed by atoms with Crippen LogP contribution < -0.4 is 5.32 Å². The fourth-order valence-electron chi connectivity index (χ4n) is 3.22. The second-order valence-electron chi connectivity index (χ2n) is 5.90. The third kappa shape index (κ3) is 2.70. The first-order chi connectivity index (χ1) is 9.68. The average Bonchev–Trinajstić information content (AvgIpc) is 3.27. The Labute approximate surface area is 125 Å². The zero-order valence-corrected chi connectivity index (χ0v) is 12.6. The lowest BCUT2D eigenvalue weighted by Gasteiger charge is -2.32. The van der Waals surface area contributed by atoms with E-state index in [1.807, 2.05) is 36.2 Å². The van der Waals surface area contributed by atoms with Gasteiger partial charge in [0.1, 0.15) is 0 Å². The van der Waals surface area contributed by atoms with Gasteiger partial charge in [0.25, 0.3) is 0 Å². The summed E-state index contributed by atoms with van der Waals surface area (Å²) in [5.74, 6) is 0.747. The average molecular weight is 293 g/mol. The quantitative estimate of drug-likeness (QED) is 0.929. The molecule has 20 heavy (non-hydrogen) atoms. The Balaban J connectivity index is 1.63. The van der Waals surface area contributed by atoms with Crippen LogP contribution in [0.1, 0.15) is 30.7 Å². The maximum absolute atomic E-state index is 12.6. The molecule has 0 bridgehead atoms. The minimum absolute atomic E-state index is 0.134. The van der Waals surface area contributed by atoms with E-state index in [2.05, 4.69) is 5.32 Å². The number of halogens is 1. The lowest BCUT2D eigenvalue weighted by Crippen LogP contribution is -2.44. The number of carbonyl (C=O) groups is 1. The van der Waals surface area contributed by atoms with Crippen LogP contribution in [0.25, 0.3) is 0 Å². The van der Waals surface area contributed by atoms with E-state index >= 15 is 0 Å². The Morgan fingerprint density at radius 2 is 2.00 bits per heavy atom. The molecule has 108 valence electrons. The largest absolute Gasteiger partial charge is 0.342 e. The highest BCUT2D eigenvalue weighted by atomic mass is 35.5. The van der Waals surface area contributed by atoms with Crippen molar-refractivity contribution in [1.82, 2.24) is 10.2 Å². The predicted molar refractivity (Wildman–Crippen MR) is 81.0 cm³/mol. The molecule has 1 aliphatic heterocycles. The number of carbonyl (C=O) groups excluding carboxylic acids is 1. The molecule has 0 spiro atoms. The summed E-state index contributed by atoms with van der Waals surface area (Å²) in [6.07, 6.45) is 3.06. The van der Waals surface area contributed by atoms with E-state index in [0.29, 0.717) is 17.9 Å². The number of hydrogen-bond acceptors (Lipinski definition) is 2. The monoisotopic (exact) mass is 292 g/mol. The van der Waals surface area contributed by atoms with Gasteiger partial charge in [-0.2, -0.15) is 0 Å². The topological polar surface area (TPSA) is 32.3 Å². The predicted octanol–water partition coefficient (Wildman–Crippen LogP) is 2.65. The zero-order valence-electron chi connectivity index (χ0n) is 11.8. The Kier molecular flexibility index (Phi) is 3.99. The van der Waals surface area contributed by atoms with Crippen LogP contribution in [-0.4, -0.2) is 37.0 Å². The summed E-state index contributed by atoms with van der Waals surface area (Å²) < 4.78 is 0. The molecule has 2 atom stereocenters. The summed E-state index contributed by atoms with van der Waals surface area (Å²) >= 11 is 6.22. The SMILES string of the molecule is CN(C(=O)[C@H]1C[C@@H]1c1ccccc1Cl)C1CCNCC1. The van der Waals surface area contributed by atoms with Crippen molar-refractivity contribution in [2.45, 2.75) is 31.2 Å². The van der Waals surface area contributed by atoms with Crippen molar-refractivity contribution in [3.63, 3.8) is 0 Å². The third-order valence-corrected chi connectivity index (χ3v) is 4.96. The lowest BCUT2D eigenvalue weighted by molar-refractivity contribution is -0.133. The second-order valence-corrected chi connectivity index (χ2v) is 6.31. The van der Waals surface area contributed by atoms with E-state index in [9.17, 15) is 4.79 Å². The fraction of sp³-hybridized carbons (Fsp3) is 0.562. The van der Waals surface area contributed by atoms with Crippen LogP contribution in [0.4, 0.5) is 0 Å². The summed E-state index contributed by atoms with van der Waals surface area (Å²) in [5, 5.41) is 4.13. The number of nitrogens with one attached hydrogen (secondary N) is 1. The molecule has 2 fully saturated rings. The van der Waals surface area contributed by atoms with Gasteiger partial charge in [0.05, 0.1) is 0 Å². The van der Waals surface area contributed by atoms with Crippen molar-refractivity contribution >= 4 is 17.5 Å². The van der Waals surface area contributed by atoms with Crippen LogP contribution in [-0.2, 0) is 4.79 Å². The minimum atomic E-state index is 0.134. The van der Waals surface area contributed by atoms with E-state index in [0.717, 1.165) is 42.9 Å². The van der Waals surface area contributed by atoms with Gasteiger partial charge in [-0.3, -0.25) is 4.79 Å². The summed E-state index contributed by atoms with van der Waals surface area (Å²) in [6.45, 7) is 2.03. The van der Waals surface area contributed by atoms with Crippen molar-refractivity contribution in [3.05, 3.63) is 34.9 Å². The van der Waals surface area contributed by atoms with Gasteiger partial charge < -0.3 is 10.2 Å². The molecule has 1 aromatic rings. The number of nitrogens with zero attached hydrogens (tertiary/aromatic N) is 1. The Morgan fingerprint density at radius 3 is 2.70 bits per heavy atom. The summed E-state index contributed by atoms with van der Waals surface area (Å²) in [4.78, 5) is 14.5. The first kappa shape index (κ1) is 13.9. The molecule has 1 saturated carbocycles. The molecule has 0 radical (unpaired) electrons. The van der Waals surface area contributed by atoms with E-state index < -0.39 is 0 Å². The normalized spacial score (nSPS) is 26.3. The van der Waals surface area contributed by atoms with Gasteiger partial charge in [-0.15, -0.1) is 0 Å². The smallest absolute Gasteiger partial charge is 0.226 e. The molecule has 0 aromatic heterocycles. The first-order valence-electron chi connectivity index (χ1n) is 7.40. The number of benzene rings is 1. The van der Waals surface area contributed by atoms with Crippen LogP contribution in [0, 0.1) is 5.92 Å². The number of piperidine rings is 1. The first-order valence-corrected chi connectivity index (χ1v) is 7.78. The zero-order chi connectivity index (χ0) is 14.1. The van der Waals surface area contributed by atoms with Crippen molar-refractivity contribution in [3.8, 4) is 0 Å². The Bertz CT molecular complexity index is 499. The maximum atomic E-state index is 12.6. The highest BCUT2D eigenvalue weighted by Gasteiger charge is 2.46. The Morgan fingerprint density at radius 1 is 1.30 bits per heavy atom. The summed E-state index contributed by atoms with van der Waals surface area (Å²) in [5.41, 5.74) is 1.13. The molecular formula is C16H21ClN2O. The highest BCUT2D eigenvalue weighted by Crippen LogP contribution is 2.50. The van der Waals surface area contributed by atoms with Gasteiger partial charge in [-0.25, -0.2) is 0 Å². The Hall–Kier alpha value is -1.06. The van der Waals surface area contributed by atoms with Gasteiger partial charge in [-0.1, -0.05) is 29.8 Å².